The Morgan fingerprint density at radius 2 is 2.40 bits per heavy atom. The van der Waals surface area contributed by atoms with Gasteiger partial charge in [0.15, 0.2) is 0 Å². The van der Waals surface area contributed by atoms with Crippen LogP contribution < -0.4 is 5.32 Å². The predicted octanol–water partition coefficient (Wildman–Crippen LogP) is 0.628. The van der Waals surface area contributed by atoms with E-state index in [2.05, 4.69) is 33.0 Å². The molecule has 0 radical (unpaired) electrons. The molecule has 1 aliphatic heterocycles. The maximum absolute atomic E-state index is 4.30. The van der Waals surface area contributed by atoms with Gasteiger partial charge in [-0.3, -0.25) is 4.68 Å². The number of nitrogens with zero attached hydrogens (tertiary/aromatic N) is 2. The van der Waals surface area contributed by atoms with Crippen molar-refractivity contribution >= 4 is 22.6 Å². The van der Waals surface area contributed by atoms with Gasteiger partial charge in [-0.15, -0.1) is 0 Å². The van der Waals surface area contributed by atoms with Gasteiger partial charge < -0.3 is 5.32 Å². The standard InChI is InChI=1S/C6H8IN3/c1-10-5-3-8-2-4(5)6(7)9-10/h8H,2-3H2,1H3. The Balaban J connectivity index is 2.61. The summed E-state index contributed by atoms with van der Waals surface area (Å²) >= 11 is 2.27. The van der Waals surface area contributed by atoms with Gasteiger partial charge in [-0.25, -0.2) is 0 Å². The molecule has 0 saturated carbocycles. The first-order valence-corrected chi connectivity index (χ1v) is 4.28. The van der Waals surface area contributed by atoms with E-state index in [1.54, 1.807) is 0 Å². The summed E-state index contributed by atoms with van der Waals surface area (Å²) in [6.07, 6.45) is 0. The zero-order chi connectivity index (χ0) is 7.14. The molecular weight excluding hydrogens is 241 g/mol. The lowest BCUT2D eigenvalue weighted by molar-refractivity contribution is 0.663. The highest BCUT2D eigenvalue weighted by molar-refractivity contribution is 14.1. The second-order valence-electron chi connectivity index (χ2n) is 2.44. The monoisotopic (exact) mass is 249 g/mol. The number of hydrogen-bond acceptors (Lipinski definition) is 2. The average molecular weight is 249 g/mol. The van der Waals surface area contributed by atoms with Crippen molar-refractivity contribution in [2.75, 3.05) is 0 Å². The van der Waals surface area contributed by atoms with Crippen LogP contribution in [-0.4, -0.2) is 9.78 Å². The summed E-state index contributed by atoms with van der Waals surface area (Å²) in [6, 6.07) is 0. The van der Waals surface area contributed by atoms with Gasteiger partial charge in [-0.05, 0) is 22.6 Å². The Kier molecular flexibility index (Phi) is 1.45. The van der Waals surface area contributed by atoms with E-state index >= 15 is 0 Å². The zero-order valence-corrected chi connectivity index (χ0v) is 7.84. The summed E-state index contributed by atoms with van der Waals surface area (Å²) in [7, 11) is 1.99. The second kappa shape index (κ2) is 2.20. The molecule has 1 aromatic heterocycles. The number of aryl methyl sites for hydroxylation is 1. The van der Waals surface area contributed by atoms with E-state index in [0.717, 1.165) is 16.8 Å². The van der Waals surface area contributed by atoms with Crippen LogP contribution in [0.4, 0.5) is 0 Å². The first kappa shape index (κ1) is 6.60. The summed E-state index contributed by atoms with van der Waals surface area (Å²) in [4.78, 5) is 0. The molecule has 10 heavy (non-hydrogen) atoms. The molecule has 0 aliphatic carbocycles. The summed E-state index contributed by atoms with van der Waals surface area (Å²) in [5.41, 5.74) is 2.72. The minimum absolute atomic E-state index is 0.974. The van der Waals surface area contributed by atoms with Crippen molar-refractivity contribution in [3.8, 4) is 0 Å². The van der Waals surface area contributed by atoms with Crippen molar-refractivity contribution in [3.05, 3.63) is 15.0 Å². The smallest absolute Gasteiger partial charge is 0.128 e. The van der Waals surface area contributed by atoms with Gasteiger partial charge in [0.1, 0.15) is 3.70 Å². The molecule has 1 N–H and O–H groups in total. The van der Waals surface area contributed by atoms with Crippen molar-refractivity contribution in [1.29, 1.82) is 0 Å². The molecule has 1 aromatic rings. The first-order valence-electron chi connectivity index (χ1n) is 3.20. The van der Waals surface area contributed by atoms with Gasteiger partial charge in [0.25, 0.3) is 0 Å². The van der Waals surface area contributed by atoms with Crippen LogP contribution in [0.5, 0.6) is 0 Å². The van der Waals surface area contributed by atoms with Crippen LogP contribution in [0.2, 0.25) is 0 Å². The highest BCUT2D eigenvalue weighted by Crippen LogP contribution is 2.19. The quantitative estimate of drug-likeness (QED) is 0.683. The molecule has 0 bridgehead atoms. The summed E-state index contributed by atoms with van der Waals surface area (Å²) in [5.74, 6) is 0. The van der Waals surface area contributed by atoms with Crippen molar-refractivity contribution in [3.63, 3.8) is 0 Å². The molecule has 4 heteroatoms. The van der Waals surface area contributed by atoms with Crippen molar-refractivity contribution in [2.24, 2.45) is 7.05 Å². The van der Waals surface area contributed by atoms with Crippen LogP contribution in [-0.2, 0) is 20.1 Å². The lowest BCUT2D eigenvalue weighted by Crippen LogP contribution is -2.06. The molecule has 0 aromatic carbocycles. The number of aromatic nitrogens is 2. The number of hydrogen-bond donors (Lipinski definition) is 1. The third-order valence-electron chi connectivity index (χ3n) is 1.82. The van der Waals surface area contributed by atoms with Gasteiger partial charge in [0.05, 0.1) is 5.69 Å². The normalized spacial score (nSPS) is 15.8. The molecule has 0 amide bonds. The molecule has 0 fully saturated rings. The fourth-order valence-corrected chi connectivity index (χ4v) is 2.09. The van der Waals surface area contributed by atoms with Crippen LogP contribution in [0.25, 0.3) is 0 Å². The highest BCUT2D eigenvalue weighted by Gasteiger charge is 2.18. The maximum Gasteiger partial charge on any atom is 0.128 e. The molecule has 3 nitrogen and oxygen atoms in total. The Morgan fingerprint density at radius 3 is 3.10 bits per heavy atom. The Morgan fingerprint density at radius 1 is 1.60 bits per heavy atom. The SMILES string of the molecule is Cn1nc(I)c2c1CNC2. The topological polar surface area (TPSA) is 29.9 Å². The van der Waals surface area contributed by atoms with E-state index in [1.807, 2.05) is 11.7 Å². The van der Waals surface area contributed by atoms with Crippen molar-refractivity contribution in [2.45, 2.75) is 13.1 Å². The summed E-state index contributed by atoms with van der Waals surface area (Å²) in [6.45, 7) is 1.96. The Bertz CT molecular complexity index is 242. The molecule has 0 spiro atoms. The van der Waals surface area contributed by atoms with E-state index in [0.29, 0.717) is 0 Å². The van der Waals surface area contributed by atoms with E-state index in [9.17, 15) is 0 Å². The average Bonchev–Trinajstić information content (AvgIpc) is 2.39. The Labute approximate surface area is 72.9 Å². The van der Waals surface area contributed by atoms with E-state index < -0.39 is 0 Å². The van der Waals surface area contributed by atoms with Gasteiger partial charge in [-0.1, -0.05) is 0 Å². The second-order valence-corrected chi connectivity index (χ2v) is 3.47. The lowest BCUT2D eigenvalue weighted by atomic mass is 10.3. The molecule has 2 rings (SSSR count). The molecule has 0 atom stereocenters. The van der Waals surface area contributed by atoms with Crippen LogP contribution >= 0.6 is 22.6 Å². The number of halogens is 1. The number of nitrogens with one attached hydrogen (secondary N) is 1. The van der Waals surface area contributed by atoms with Gasteiger partial charge in [0, 0.05) is 25.7 Å². The lowest BCUT2D eigenvalue weighted by Gasteiger charge is -1.93. The van der Waals surface area contributed by atoms with Gasteiger partial charge in [-0.2, -0.15) is 5.10 Å². The minimum atomic E-state index is 0.974. The Hall–Kier alpha value is -0.100. The highest BCUT2D eigenvalue weighted by atomic mass is 127. The number of rotatable bonds is 0. The molecule has 0 saturated heterocycles. The van der Waals surface area contributed by atoms with E-state index in [4.69, 9.17) is 0 Å². The number of fused-ring (bicyclic) bond motifs is 1. The third kappa shape index (κ3) is 0.784. The molecule has 2 heterocycles. The van der Waals surface area contributed by atoms with Gasteiger partial charge in [0.2, 0.25) is 0 Å². The van der Waals surface area contributed by atoms with Crippen LogP contribution in [0.1, 0.15) is 11.3 Å². The molecule has 0 unspecified atom stereocenters. The zero-order valence-electron chi connectivity index (χ0n) is 5.69. The van der Waals surface area contributed by atoms with Crippen LogP contribution in [0.15, 0.2) is 0 Å². The van der Waals surface area contributed by atoms with Crippen LogP contribution in [0.3, 0.4) is 0 Å². The van der Waals surface area contributed by atoms with E-state index in [1.165, 1.54) is 11.3 Å². The largest absolute Gasteiger partial charge is 0.307 e. The third-order valence-corrected chi connectivity index (χ3v) is 2.69. The molecular formula is C6H8IN3. The maximum atomic E-state index is 4.30. The summed E-state index contributed by atoms with van der Waals surface area (Å²) < 4.78 is 3.09. The van der Waals surface area contributed by atoms with Crippen LogP contribution in [0, 0.1) is 3.70 Å². The minimum Gasteiger partial charge on any atom is -0.307 e. The predicted molar refractivity (Wildman–Crippen MR) is 46.5 cm³/mol. The first-order chi connectivity index (χ1) is 4.79. The van der Waals surface area contributed by atoms with Crippen molar-refractivity contribution in [1.82, 2.24) is 15.1 Å². The molecule has 54 valence electrons. The van der Waals surface area contributed by atoms with Gasteiger partial charge >= 0.3 is 0 Å². The fraction of sp³-hybridized carbons (Fsp3) is 0.500. The summed E-state index contributed by atoms with van der Waals surface area (Å²) in [5, 5.41) is 7.58. The van der Waals surface area contributed by atoms with E-state index in [-0.39, 0.29) is 0 Å². The fourth-order valence-electron chi connectivity index (χ4n) is 1.27. The molecule has 1 aliphatic rings. The van der Waals surface area contributed by atoms with Crippen molar-refractivity contribution < 1.29 is 0 Å².